The molecule has 1 amide bonds. The van der Waals surface area contributed by atoms with E-state index in [-0.39, 0.29) is 30.2 Å². The number of benzene rings is 1. The molecule has 0 saturated carbocycles. The number of carbonyl (C=O) groups excluding carboxylic acids is 1. The first kappa shape index (κ1) is 17.5. The van der Waals surface area contributed by atoms with Gasteiger partial charge in [-0.15, -0.1) is 0 Å². The SMILES string of the molecule is N[C@@H](CC(=O)N1CCCC1Cc1cccnc1)Cc1ccccc1F. The number of pyridine rings is 1. The molecule has 0 bridgehead atoms. The summed E-state index contributed by atoms with van der Waals surface area (Å²) in [5, 5.41) is 0. The van der Waals surface area contributed by atoms with Crippen molar-refractivity contribution in [3.63, 3.8) is 0 Å². The van der Waals surface area contributed by atoms with Gasteiger partial charge in [0.2, 0.25) is 5.91 Å². The predicted molar refractivity (Wildman–Crippen MR) is 95.4 cm³/mol. The van der Waals surface area contributed by atoms with Crippen molar-refractivity contribution in [3.05, 3.63) is 65.7 Å². The lowest BCUT2D eigenvalue weighted by Crippen LogP contribution is -2.40. The Balaban J connectivity index is 1.57. The van der Waals surface area contributed by atoms with Crippen LogP contribution in [0.3, 0.4) is 0 Å². The fraction of sp³-hybridized carbons (Fsp3) is 0.400. The molecular formula is C20H24FN3O. The molecule has 1 fully saturated rings. The van der Waals surface area contributed by atoms with Crippen molar-refractivity contribution in [1.29, 1.82) is 0 Å². The molecule has 2 N–H and O–H groups in total. The maximum Gasteiger partial charge on any atom is 0.224 e. The molecule has 1 aromatic heterocycles. The Morgan fingerprint density at radius 3 is 2.92 bits per heavy atom. The smallest absolute Gasteiger partial charge is 0.224 e. The summed E-state index contributed by atoms with van der Waals surface area (Å²) >= 11 is 0. The minimum absolute atomic E-state index is 0.0650. The lowest BCUT2D eigenvalue weighted by molar-refractivity contribution is -0.132. The average Bonchev–Trinajstić information content (AvgIpc) is 3.06. The lowest BCUT2D eigenvalue weighted by atomic mass is 10.0. The number of halogens is 1. The molecular weight excluding hydrogens is 317 g/mol. The molecule has 25 heavy (non-hydrogen) atoms. The van der Waals surface area contributed by atoms with E-state index in [1.807, 2.05) is 23.2 Å². The average molecular weight is 341 g/mol. The number of nitrogens with zero attached hydrogens (tertiary/aromatic N) is 2. The molecule has 2 aromatic rings. The van der Waals surface area contributed by atoms with Crippen LogP contribution >= 0.6 is 0 Å². The van der Waals surface area contributed by atoms with Gasteiger partial charge in [0.15, 0.2) is 0 Å². The molecule has 1 aromatic carbocycles. The van der Waals surface area contributed by atoms with Crippen molar-refractivity contribution in [2.75, 3.05) is 6.54 Å². The minimum atomic E-state index is -0.371. The summed E-state index contributed by atoms with van der Waals surface area (Å²) in [6.07, 6.45) is 7.07. The second-order valence-electron chi connectivity index (χ2n) is 6.71. The van der Waals surface area contributed by atoms with Crippen LogP contribution in [0.2, 0.25) is 0 Å². The van der Waals surface area contributed by atoms with E-state index in [9.17, 15) is 9.18 Å². The van der Waals surface area contributed by atoms with Crippen LogP contribution in [0.25, 0.3) is 0 Å². The van der Waals surface area contributed by atoms with Gasteiger partial charge in [-0.2, -0.15) is 0 Å². The fourth-order valence-corrected chi connectivity index (χ4v) is 3.53. The number of hydrogen-bond donors (Lipinski definition) is 1. The molecule has 3 rings (SSSR count). The van der Waals surface area contributed by atoms with E-state index in [2.05, 4.69) is 4.98 Å². The first-order valence-corrected chi connectivity index (χ1v) is 8.81. The zero-order valence-electron chi connectivity index (χ0n) is 14.3. The monoisotopic (exact) mass is 341 g/mol. The molecule has 2 heterocycles. The van der Waals surface area contributed by atoms with E-state index in [0.717, 1.165) is 31.4 Å². The summed E-state index contributed by atoms with van der Waals surface area (Å²) in [5.74, 6) is -0.198. The Labute approximate surface area is 147 Å². The van der Waals surface area contributed by atoms with Crippen molar-refractivity contribution >= 4 is 5.91 Å². The van der Waals surface area contributed by atoms with Crippen LogP contribution < -0.4 is 5.73 Å². The van der Waals surface area contributed by atoms with Crippen molar-refractivity contribution in [1.82, 2.24) is 9.88 Å². The largest absolute Gasteiger partial charge is 0.339 e. The zero-order valence-corrected chi connectivity index (χ0v) is 14.3. The number of amides is 1. The van der Waals surface area contributed by atoms with Gasteiger partial charge in [-0.3, -0.25) is 9.78 Å². The van der Waals surface area contributed by atoms with E-state index in [0.29, 0.717) is 12.0 Å². The van der Waals surface area contributed by atoms with Gasteiger partial charge in [0, 0.05) is 37.4 Å². The third-order valence-corrected chi connectivity index (χ3v) is 4.77. The predicted octanol–water partition coefficient (Wildman–Crippen LogP) is 2.71. The zero-order chi connectivity index (χ0) is 17.6. The summed E-state index contributed by atoms with van der Waals surface area (Å²) in [7, 11) is 0. The number of rotatable bonds is 6. The second-order valence-corrected chi connectivity index (χ2v) is 6.71. The Kier molecular flexibility index (Phi) is 5.76. The summed E-state index contributed by atoms with van der Waals surface area (Å²) in [6.45, 7) is 0.774. The maximum atomic E-state index is 13.7. The maximum absolute atomic E-state index is 13.7. The van der Waals surface area contributed by atoms with Gasteiger partial charge in [0.1, 0.15) is 5.82 Å². The molecule has 132 valence electrons. The van der Waals surface area contributed by atoms with Gasteiger partial charge in [-0.25, -0.2) is 4.39 Å². The number of aromatic nitrogens is 1. The van der Waals surface area contributed by atoms with Crippen molar-refractivity contribution in [2.24, 2.45) is 5.73 Å². The van der Waals surface area contributed by atoms with Crippen LogP contribution in [-0.2, 0) is 17.6 Å². The second kappa shape index (κ2) is 8.21. The van der Waals surface area contributed by atoms with Crippen LogP contribution in [0.5, 0.6) is 0 Å². The van der Waals surface area contributed by atoms with Gasteiger partial charge in [-0.1, -0.05) is 24.3 Å². The Hall–Kier alpha value is -2.27. The van der Waals surface area contributed by atoms with Crippen LogP contribution in [0, 0.1) is 5.82 Å². The van der Waals surface area contributed by atoms with Crippen LogP contribution in [-0.4, -0.2) is 34.4 Å². The van der Waals surface area contributed by atoms with Crippen molar-refractivity contribution < 1.29 is 9.18 Å². The highest BCUT2D eigenvalue weighted by molar-refractivity contribution is 5.77. The molecule has 1 aliphatic rings. The molecule has 1 saturated heterocycles. The highest BCUT2D eigenvalue weighted by atomic mass is 19.1. The van der Waals surface area contributed by atoms with Crippen molar-refractivity contribution in [2.45, 2.75) is 44.2 Å². The Bertz CT molecular complexity index is 707. The standard InChI is InChI=1S/C20H24FN3O/c21-19-8-2-1-6-16(19)12-17(22)13-20(25)24-10-4-7-18(24)11-15-5-3-9-23-14-15/h1-3,5-6,8-9,14,17-18H,4,7,10-13,22H2/t17-,18?/m1/s1. The van der Waals surface area contributed by atoms with E-state index in [1.165, 1.54) is 6.07 Å². The third kappa shape index (κ3) is 4.63. The first-order valence-electron chi connectivity index (χ1n) is 8.81. The van der Waals surface area contributed by atoms with Crippen LogP contribution in [0.15, 0.2) is 48.8 Å². The Morgan fingerprint density at radius 2 is 2.16 bits per heavy atom. The topological polar surface area (TPSA) is 59.2 Å². The number of nitrogens with two attached hydrogens (primary N) is 1. The molecule has 2 atom stereocenters. The van der Waals surface area contributed by atoms with E-state index >= 15 is 0 Å². The highest BCUT2D eigenvalue weighted by Gasteiger charge is 2.29. The molecule has 4 nitrogen and oxygen atoms in total. The normalized spacial score (nSPS) is 18.3. The first-order chi connectivity index (χ1) is 12.1. The van der Waals surface area contributed by atoms with Crippen LogP contribution in [0.1, 0.15) is 30.4 Å². The van der Waals surface area contributed by atoms with Gasteiger partial charge >= 0.3 is 0 Å². The summed E-state index contributed by atoms with van der Waals surface area (Å²) < 4.78 is 13.7. The molecule has 0 spiro atoms. The third-order valence-electron chi connectivity index (χ3n) is 4.77. The quantitative estimate of drug-likeness (QED) is 0.879. The van der Waals surface area contributed by atoms with E-state index in [4.69, 9.17) is 5.73 Å². The summed E-state index contributed by atoms with van der Waals surface area (Å²) in [5.41, 5.74) is 7.82. The van der Waals surface area contributed by atoms with Crippen molar-refractivity contribution in [3.8, 4) is 0 Å². The Morgan fingerprint density at radius 1 is 1.32 bits per heavy atom. The molecule has 1 unspecified atom stereocenters. The number of hydrogen-bond acceptors (Lipinski definition) is 3. The van der Waals surface area contributed by atoms with Gasteiger partial charge < -0.3 is 10.6 Å². The fourth-order valence-electron chi connectivity index (χ4n) is 3.53. The molecule has 5 heteroatoms. The van der Waals surface area contributed by atoms with Gasteiger partial charge in [0.25, 0.3) is 0 Å². The molecule has 0 radical (unpaired) electrons. The highest BCUT2D eigenvalue weighted by Crippen LogP contribution is 2.22. The van der Waals surface area contributed by atoms with Gasteiger partial charge in [-0.05, 0) is 48.9 Å². The number of carbonyl (C=O) groups is 1. The minimum Gasteiger partial charge on any atom is -0.339 e. The van der Waals surface area contributed by atoms with Crippen LogP contribution in [0.4, 0.5) is 4.39 Å². The van der Waals surface area contributed by atoms with E-state index < -0.39 is 0 Å². The molecule has 0 aliphatic carbocycles. The lowest BCUT2D eigenvalue weighted by Gasteiger charge is -2.26. The molecule has 1 aliphatic heterocycles. The number of likely N-dealkylation sites (tertiary alicyclic amines) is 1. The van der Waals surface area contributed by atoms with Gasteiger partial charge in [0.05, 0.1) is 0 Å². The summed E-state index contributed by atoms with van der Waals surface area (Å²) in [4.78, 5) is 18.7. The summed E-state index contributed by atoms with van der Waals surface area (Å²) in [6, 6.07) is 10.4. The van der Waals surface area contributed by atoms with E-state index in [1.54, 1.807) is 24.4 Å².